The number of rotatable bonds is 8. The van der Waals surface area contributed by atoms with Gasteiger partial charge in [0.2, 0.25) is 11.8 Å². The summed E-state index contributed by atoms with van der Waals surface area (Å²) in [5.74, 6) is 1.25. The zero-order valence-corrected chi connectivity index (χ0v) is 13.8. The van der Waals surface area contributed by atoms with Crippen LogP contribution in [0.1, 0.15) is 18.6 Å². The summed E-state index contributed by atoms with van der Waals surface area (Å²) in [5, 5.41) is 2.57. The summed E-state index contributed by atoms with van der Waals surface area (Å²) in [5.41, 5.74) is 0.991. The molecule has 1 aromatic heterocycles. The predicted octanol–water partition coefficient (Wildman–Crippen LogP) is 2.99. The van der Waals surface area contributed by atoms with Crippen LogP contribution >= 0.6 is 0 Å². The van der Waals surface area contributed by atoms with Gasteiger partial charge in [0.1, 0.15) is 11.5 Å². The minimum absolute atomic E-state index is 0.0367. The molecule has 0 saturated heterocycles. The van der Waals surface area contributed by atoms with Gasteiger partial charge in [-0.3, -0.25) is 9.59 Å². The van der Waals surface area contributed by atoms with Crippen LogP contribution in [0.2, 0.25) is 0 Å². The highest BCUT2D eigenvalue weighted by Gasteiger charge is 2.14. The molecule has 0 spiro atoms. The van der Waals surface area contributed by atoms with Crippen LogP contribution in [0.3, 0.4) is 0 Å². The SMILES string of the molecule is C=CC(=O)N(CCCC(=O)NC)Cc1ccc(-c2ccccc2)o1. The third kappa shape index (κ3) is 4.84. The van der Waals surface area contributed by atoms with E-state index in [2.05, 4.69) is 11.9 Å². The third-order valence-electron chi connectivity index (χ3n) is 3.66. The van der Waals surface area contributed by atoms with Crippen LogP contribution in [0.15, 0.2) is 59.5 Å². The van der Waals surface area contributed by atoms with E-state index in [0.717, 1.165) is 11.3 Å². The largest absolute Gasteiger partial charge is 0.459 e. The molecule has 0 fully saturated rings. The van der Waals surface area contributed by atoms with Gasteiger partial charge in [-0.05, 0) is 24.6 Å². The van der Waals surface area contributed by atoms with Crippen molar-refractivity contribution < 1.29 is 14.0 Å². The number of carbonyl (C=O) groups is 2. The molecule has 5 nitrogen and oxygen atoms in total. The Morgan fingerprint density at radius 2 is 1.96 bits per heavy atom. The molecule has 126 valence electrons. The first kappa shape index (κ1) is 17.5. The summed E-state index contributed by atoms with van der Waals surface area (Å²) in [6.07, 6.45) is 2.25. The molecule has 1 aromatic carbocycles. The van der Waals surface area contributed by atoms with E-state index in [0.29, 0.717) is 31.7 Å². The van der Waals surface area contributed by atoms with Crippen molar-refractivity contribution in [2.45, 2.75) is 19.4 Å². The average molecular weight is 326 g/mol. The Hall–Kier alpha value is -2.82. The van der Waals surface area contributed by atoms with Gasteiger partial charge in [0, 0.05) is 25.6 Å². The molecular weight excluding hydrogens is 304 g/mol. The van der Waals surface area contributed by atoms with E-state index in [1.54, 1.807) is 11.9 Å². The Morgan fingerprint density at radius 3 is 2.62 bits per heavy atom. The molecule has 5 heteroatoms. The van der Waals surface area contributed by atoms with Crippen molar-refractivity contribution in [1.82, 2.24) is 10.2 Å². The van der Waals surface area contributed by atoms with Crippen LogP contribution in [0.5, 0.6) is 0 Å². The van der Waals surface area contributed by atoms with Gasteiger partial charge in [0.15, 0.2) is 0 Å². The quantitative estimate of drug-likeness (QED) is 0.759. The van der Waals surface area contributed by atoms with Gasteiger partial charge in [0.05, 0.1) is 6.54 Å². The Balaban J connectivity index is 2.01. The highest BCUT2D eigenvalue weighted by atomic mass is 16.3. The van der Waals surface area contributed by atoms with Gasteiger partial charge in [-0.15, -0.1) is 0 Å². The van der Waals surface area contributed by atoms with E-state index in [4.69, 9.17) is 4.42 Å². The van der Waals surface area contributed by atoms with Crippen LogP contribution in [-0.4, -0.2) is 30.3 Å². The van der Waals surface area contributed by atoms with Gasteiger partial charge >= 0.3 is 0 Å². The van der Waals surface area contributed by atoms with Crippen molar-refractivity contribution >= 4 is 11.8 Å². The molecule has 0 saturated carbocycles. The lowest BCUT2D eigenvalue weighted by Gasteiger charge is -2.19. The summed E-state index contributed by atoms with van der Waals surface area (Å²) < 4.78 is 5.84. The van der Waals surface area contributed by atoms with E-state index in [-0.39, 0.29) is 11.8 Å². The van der Waals surface area contributed by atoms with Crippen LogP contribution in [-0.2, 0) is 16.1 Å². The summed E-state index contributed by atoms with van der Waals surface area (Å²) in [6.45, 7) is 4.36. The lowest BCUT2D eigenvalue weighted by atomic mass is 10.2. The van der Waals surface area contributed by atoms with E-state index in [1.807, 2.05) is 42.5 Å². The number of benzene rings is 1. The van der Waals surface area contributed by atoms with Crippen molar-refractivity contribution in [3.05, 3.63) is 60.9 Å². The average Bonchev–Trinajstić information content (AvgIpc) is 3.09. The fourth-order valence-corrected chi connectivity index (χ4v) is 2.36. The lowest BCUT2D eigenvalue weighted by Crippen LogP contribution is -2.30. The number of nitrogens with one attached hydrogen (secondary N) is 1. The minimum atomic E-state index is -0.176. The van der Waals surface area contributed by atoms with Crippen LogP contribution in [0.4, 0.5) is 0 Å². The Kier molecular flexibility index (Phi) is 6.37. The monoisotopic (exact) mass is 326 g/mol. The van der Waals surface area contributed by atoms with Gasteiger partial charge in [0.25, 0.3) is 0 Å². The molecule has 2 aromatic rings. The third-order valence-corrected chi connectivity index (χ3v) is 3.66. The molecule has 0 aliphatic rings. The first-order valence-electron chi connectivity index (χ1n) is 7.90. The highest BCUT2D eigenvalue weighted by Crippen LogP contribution is 2.22. The second kappa shape index (κ2) is 8.72. The predicted molar refractivity (Wildman–Crippen MR) is 93.1 cm³/mol. The zero-order chi connectivity index (χ0) is 17.4. The van der Waals surface area contributed by atoms with Crippen LogP contribution in [0, 0.1) is 0 Å². The molecule has 0 atom stereocenters. The minimum Gasteiger partial charge on any atom is -0.459 e. The van der Waals surface area contributed by atoms with Gasteiger partial charge < -0.3 is 14.6 Å². The molecule has 0 aliphatic heterocycles. The first-order chi connectivity index (χ1) is 11.6. The standard InChI is InChI=1S/C19H22N2O3/c1-3-19(23)21(13-7-10-18(22)20-2)14-16-11-12-17(24-16)15-8-5-4-6-9-15/h3-6,8-9,11-12H,1,7,10,13-14H2,2H3,(H,20,22). The van der Waals surface area contributed by atoms with E-state index in [9.17, 15) is 9.59 Å². The maximum atomic E-state index is 12.0. The maximum absolute atomic E-state index is 12.0. The fourth-order valence-electron chi connectivity index (χ4n) is 2.36. The summed E-state index contributed by atoms with van der Waals surface area (Å²) in [7, 11) is 1.60. The highest BCUT2D eigenvalue weighted by molar-refractivity contribution is 5.87. The normalized spacial score (nSPS) is 10.2. The van der Waals surface area contributed by atoms with Gasteiger partial charge in [-0.25, -0.2) is 0 Å². The number of amides is 2. The van der Waals surface area contributed by atoms with Crippen molar-refractivity contribution in [2.75, 3.05) is 13.6 Å². The molecule has 2 rings (SSSR count). The second-order valence-corrected chi connectivity index (χ2v) is 5.37. The van der Waals surface area contributed by atoms with Crippen molar-refractivity contribution in [1.29, 1.82) is 0 Å². The van der Waals surface area contributed by atoms with E-state index >= 15 is 0 Å². The lowest BCUT2D eigenvalue weighted by molar-refractivity contribution is -0.127. The summed E-state index contributed by atoms with van der Waals surface area (Å²) >= 11 is 0. The van der Waals surface area contributed by atoms with E-state index < -0.39 is 0 Å². The maximum Gasteiger partial charge on any atom is 0.246 e. The second-order valence-electron chi connectivity index (χ2n) is 5.37. The topological polar surface area (TPSA) is 62.6 Å². The molecular formula is C19H22N2O3. The number of hydrogen-bond acceptors (Lipinski definition) is 3. The van der Waals surface area contributed by atoms with Crippen molar-refractivity contribution in [3.63, 3.8) is 0 Å². The Labute approximate surface area is 142 Å². The first-order valence-corrected chi connectivity index (χ1v) is 7.90. The molecule has 0 aliphatic carbocycles. The van der Waals surface area contributed by atoms with Gasteiger partial charge in [-0.1, -0.05) is 36.9 Å². The van der Waals surface area contributed by atoms with Crippen LogP contribution in [0.25, 0.3) is 11.3 Å². The smallest absolute Gasteiger partial charge is 0.246 e. The number of furan rings is 1. The Bertz CT molecular complexity index is 692. The Morgan fingerprint density at radius 1 is 1.21 bits per heavy atom. The summed E-state index contributed by atoms with van der Waals surface area (Å²) in [6, 6.07) is 13.5. The van der Waals surface area contributed by atoms with Crippen molar-refractivity contribution in [3.8, 4) is 11.3 Å². The molecule has 0 unspecified atom stereocenters. The fraction of sp³-hybridized carbons (Fsp3) is 0.263. The molecule has 0 bridgehead atoms. The number of hydrogen-bond donors (Lipinski definition) is 1. The van der Waals surface area contributed by atoms with Crippen molar-refractivity contribution in [2.24, 2.45) is 0 Å². The van der Waals surface area contributed by atoms with Crippen LogP contribution < -0.4 is 5.32 Å². The molecule has 1 N–H and O–H groups in total. The molecule has 24 heavy (non-hydrogen) atoms. The number of nitrogens with zero attached hydrogens (tertiary/aromatic N) is 1. The van der Waals surface area contributed by atoms with E-state index in [1.165, 1.54) is 6.08 Å². The number of carbonyl (C=O) groups excluding carboxylic acids is 2. The molecule has 1 heterocycles. The van der Waals surface area contributed by atoms with Gasteiger partial charge in [-0.2, -0.15) is 0 Å². The molecule has 2 amide bonds. The molecule has 0 radical (unpaired) electrons. The summed E-state index contributed by atoms with van der Waals surface area (Å²) in [4.78, 5) is 24.9. The zero-order valence-electron chi connectivity index (χ0n) is 13.8.